The molecular weight excluding hydrogens is 282 g/mol. The zero-order chi connectivity index (χ0) is 16.1. The highest BCUT2D eigenvalue weighted by Gasteiger charge is 2.34. The Hall–Kier alpha value is -0.980. The third kappa shape index (κ3) is 5.66. The second-order valence-electron chi connectivity index (χ2n) is 6.79. The standard InChI is InChI=1S/C16H29N3O3/c1-11(15(20)22-16(21)14(18)3-2-8-17)19(9-12-4-5-12)10-13-6-7-13/h11-14H,2-10,17-18H2,1H3/t11-,14+/m0/s1. The Morgan fingerprint density at radius 3 is 2.14 bits per heavy atom. The van der Waals surface area contributed by atoms with Crippen LogP contribution >= 0.6 is 0 Å². The first-order chi connectivity index (χ1) is 10.5. The lowest BCUT2D eigenvalue weighted by molar-refractivity contribution is -0.164. The molecule has 126 valence electrons. The number of hydrogen-bond acceptors (Lipinski definition) is 6. The van der Waals surface area contributed by atoms with Crippen molar-refractivity contribution < 1.29 is 14.3 Å². The summed E-state index contributed by atoms with van der Waals surface area (Å²) in [5.41, 5.74) is 11.1. The Labute approximate surface area is 132 Å². The SMILES string of the molecule is C[C@@H](C(=O)OC(=O)[C@H](N)CCCN)N(CC1CC1)CC1CC1. The van der Waals surface area contributed by atoms with Gasteiger partial charge in [-0.25, -0.2) is 9.59 Å². The number of carbonyl (C=O) groups is 2. The van der Waals surface area contributed by atoms with Crippen molar-refractivity contribution in [3.8, 4) is 0 Å². The van der Waals surface area contributed by atoms with E-state index >= 15 is 0 Å². The fourth-order valence-electron chi connectivity index (χ4n) is 2.52. The number of ether oxygens (including phenoxy) is 1. The molecule has 2 atom stereocenters. The summed E-state index contributed by atoms with van der Waals surface area (Å²) in [4.78, 5) is 26.2. The normalized spacial score (nSPS) is 20.7. The fraction of sp³-hybridized carbons (Fsp3) is 0.875. The van der Waals surface area contributed by atoms with E-state index in [2.05, 4.69) is 4.90 Å². The van der Waals surface area contributed by atoms with E-state index in [0.717, 1.165) is 13.1 Å². The van der Waals surface area contributed by atoms with Crippen molar-refractivity contribution in [1.29, 1.82) is 0 Å². The van der Waals surface area contributed by atoms with Crippen LogP contribution in [0.15, 0.2) is 0 Å². The Morgan fingerprint density at radius 2 is 1.68 bits per heavy atom. The Morgan fingerprint density at radius 1 is 1.14 bits per heavy atom. The van der Waals surface area contributed by atoms with Crippen LogP contribution < -0.4 is 11.5 Å². The summed E-state index contributed by atoms with van der Waals surface area (Å²) < 4.78 is 4.97. The summed E-state index contributed by atoms with van der Waals surface area (Å²) >= 11 is 0. The number of nitrogens with zero attached hydrogens (tertiary/aromatic N) is 1. The van der Waals surface area contributed by atoms with Gasteiger partial charge in [-0.1, -0.05) is 0 Å². The molecule has 0 aromatic heterocycles. The molecule has 0 bridgehead atoms. The van der Waals surface area contributed by atoms with Crippen LogP contribution in [0.25, 0.3) is 0 Å². The Balaban J connectivity index is 1.80. The van der Waals surface area contributed by atoms with Crippen molar-refractivity contribution >= 4 is 11.9 Å². The molecule has 0 heterocycles. The van der Waals surface area contributed by atoms with Crippen LogP contribution in [0.4, 0.5) is 0 Å². The zero-order valence-corrected chi connectivity index (χ0v) is 13.5. The number of esters is 2. The van der Waals surface area contributed by atoms with E-state index in [9.17, 15) is 9.59 Å². The summed E-state index contributed by atoms with van der Waals surface area (Å²) in [6.45, 7) is 4.16. The lowest BCUT2D eigenvalue weighted by atomic mass is 10.1. The van der Waals surface area contributed by atoms with Gasteiger partial charge in [0.05, 0.1) is 0 Å². The molecule has 0 aliphatic heterocycles. The van der Waals surface area contributed by atoms with E-state index in [1.807, 2.05) is 6.92 Å². The minimum Gasteiger partial charge on any atom is -0.391 e. The number of rotatable bonds is 10. The Kier molecular flexibility index (Phi) is 6.35. The average molecular weight is 311 g/mol. The quantitative estimate of drug-likeness (QED) is 0.453. The molecule has 0 aromatic carbocycles. The Bertz CT molecular complexity index is 380. The summed E-state index contributed by atoms with van der Waals surface area (Å²) in [7, 11) is 0. The number of carbonyl (C=O) groups excluding carboxylic acids is 2. The van der Waals surface area contributed by atoms with Gasteiger partial charge in [-0.15, -0.1) is 0 Å². The van der Waals surface area contributed by atoms with Crippen molar-refractivity contribution in [2.45, 2.75) is 57.5 Å². The van der Waals surface area contributed by atoms with Crippen LogP contribution in [0.2, 0.25) is 0 Å². The molecule has 0 unspecified atom stereocenters. The average Bonchev–Trinajstić information content (AvgIpc) is 3.38. The van der Waals surface area contributed by atoms with E-state index in [1.165, 1.54) is 25.7 Å². The summed E-state index contributed by atoms with van der Waals surface area (Å²) in [6.07, 6.45) is 6.07. The van der Waals surface area contributed by atoms with Crippen LogP contribution in [0.1, 0.15) is 45.4 Å². The lowest BCUT2D eigenvalue weighted by Crippen LogP contribution is -2.45. The van der Waals surface area contributed by atoms with Gasteiger partial charge in [0.15, 0.2) is 0 Å². The maximum Gasteiger partial charge on any atom is 0.330 e. The van der Waals surface area contributed by atoms with Crippen LogP contribution in [0.5, 0.6) is 0 Å². The highest BCUT2D eigenvalue weighted by Crippen LogP contribution is 2.34. The van der Waals surface area contributed by atoms with Gasteiger partial charge < -0.3 is 16.2 Å². The topological polar surface area (TPSA) is 98.6 Å². The zero-order valence-electron chi connectivity index (χ0n) is 13.5. The molecule has 6 nitrogen and oxygen atoms in total. The molecule has 0 saturated heterocycles. The first kappa shape index (κ1) is 17.4. The first-order valence-corrected chi connectivity index (χ1v) is 8.46. The minimum absolute atomic E-state index is 0.383. The molecule has 0 aromatic rings. The predicted molar refractivity (Wildman–Crippen MR) is 83.8 cm³/mol. The molecule has 2 fully saturated rings. The smallest absolute Gasteiger partial charge is 0.330 e. The van der Waals surface area contributed by atoms with Crippen LogP contribution in [-0.4, -0.2) is 48.6 Å². The molecule has 0 radical (unpaired) electrons. The van der Waals surface area contributed by atoms with Crippen molar-refractivity contribution in [2.24, 2.45) is 23.3 Å². The maximum absolute atomic E-state index is 12.2. The van der Waals surface area contributed by atoms with Gasteiger partial charge in [0.2, 0.25) is 0 Å². The highest BCUT2D eigenvalue weighted by atomic mass is 16.6. The second-order valence-corrected chi connectivity index (χ2v) is 6.79. The van der Waals surface area contributed by atoms with E-state index in [1.54, 1.807) is 0 Å². The number of hydrogen-bond donors (Lipinski definition) is 2. The first-order valence-electron chi connectivity index (χ1n) is 8.46. The minimum atomic E-state index is -0.764. The fourth-order valence-corrected chi connectivity index (χ4v) is 2.52. The van der Waals surface area contributed by atoms with E-state index in [-0.39, 0.29) is 6.04 Å². The molecule has 0 amide bonds. The molecule has 6 heteroatoms. The third-order valence-electron chi connectivity index (χ3n) is 4.49. The molecule has 4 N–H and O–H groups in total. The van der Waals surface area contributed by atoms with E-state index in [0.29, 0.717) is 31.2 Å². The van der Waals surface area contributed by atoms with Crippen LogP contribution in [-0.2, 0) is 14.3 Å². The highest BCUT2D eigenvalue weighted by molar-refractivity contribution is 5.90. The lowest BCUT2D eigenvalue weighted by Gasteiger charge is -2.27. The van der Waals surface area contributed by atoms with Gasteiger partial charge in [0.25, 0.3) is 0 Å². The van der Waals surface area contributed by atoms with Gasteiger partial charge in [-0.05, 0) is 63.8 Å². The van der Waals surface area contributed by atoms with Gasteiger partial charge in [-0.3, -0.25) is 4.90 Å². The summed E-state index contributed by atoms with van der Waals surface area (Å²) in [5.74, 6) is 0.297. The number of nitrogens with two attached hydrogens (primary N) is 2. The van der Waals surface area contributed by atoms with Gasteiger partial charge in [0, 0.05) is 13.1 Å². The molecule has 22 heavy (non-hydrogen) atoms. The van der Waals surface area contributed by atoms with Crippen molar-refractivity contribution in [3.05, 3.63) is 0 Å². The van der Waals surface area contributed by atoms with Gasteiger partial charge >= 0.3 is 11.9 Å². The van der Waals surface area contributed by atoms with Crippen molar-refractivity contribution in [1.82, 2.24) is 4.90 Å². The van der Waals surface area contributed by atoms with Crippen molar-refractivity contribution in [2.75, 3.05) is 19.6 Å². The molecule has 2 aliphatic rings. The summed E-state index contributed by atoms with van der Waals surface area (Å²) in [6, 6.07) is -1.15. The third-order valence-corrected chi connectivity index (χ3v) is 4.49. The second kappa shape index (κ2) is 8.04. The summed E-state index contributed by atoms with van der Waals surface area (Å²) in [5, 5.41) is 0. The monoisotopic (exact) mass is 311 g/mol. The van der Waals surface area contributed by atoms with Gasteiger partial charge in [-0.2, -0.15) is 0 Å². The maximum atomic E-state index is 12.2. The molecular formula is C16H29N3O3. The van der Waals surface area contributed by atoms with E-state index < -0.39 is 18.0 Å². The van der Waals surface area contributed by atoms with E-state index in [4.69, 9.17) is 16.2 Å². The largest absolute Gasteiger partial charge is 0.391 e. The molecule has 0 spiro atoms. The van der Waals surface area contributed by atoms with Crippen LogP contribution in [0.3, 0.4) is 0 Å². The van der Waals surface area contributed by atoms with Crippen molar-refractivity contribution in [3.63, 3.8) is 0 Å². The van der Waals surface area contributed by atoms with Crippen LogP contribution in [0, 0.1) is 11.8 Å². The van der Waals surface area contributed by atoms with Gasteiger partial charge in [0.1, 0.15) is 12.1 Å². The molecule has 2 aliphatic carbocycles. The predicted octanol–water partition coefficient (Wildman–Crippen LogP) is 0.633. The molecule has 2 rings (SSSR count). The molecule has 2 saturated carbocycles.